The van der Waals surface area contributed by atoms with Crippen LogP contribution in [0, 0.1) is 0 Å². The fourth-order valence-corrected chi connectivity index (χ4v) is 4.44. The summed E-state index contributed by atoms with van der Waals surface area (Å²) in [5, 5.41) is 7.05. The van der Waals surface area contributed by atoms with E-state index in [-0.39, 0.29) is 0 Å². The van der Waals surface area contributed by atoms with Gasteiger partial charge in [0.05, 0.1) is 0 Å². The third-order valence-corrected chi connectivity index (χ3v) is 5.46. The van der Waals surface area contributed by atoms with E-state index in [0.717, 1.165) is 11.7 Å². The molecule has 4 heteroatoms. The van der Waals surface area contributed by atoms with E-state index in [1.807, 2.05) is 36.5 Å². The molecule has 1 aromatic heterocycles. The summed E-state index contributed by atoms with van der Waals surface area (Å²) in [7, 11) is 0. The molecule has 0 unspecified atom stereocenters. The molecule has 2 aliphatic heterocycles. The maximum absolute atomic E-state index is 4.99. The van der Waals surface area contributed by atoms with Crippen molar-refractivity contribution in [3.05, 3.63) is 108 Å². The standard InChI is InChI=1S/C23H16N4/c1-3-11-19-17(9-1)18-10-2-4-12-20(18)23(19)26-16-8-6-14-22(26)25-27(23)21-13-5-7-15-24-21/h1-16H. The van der Waals surface area contributed by atoms with Gasteiger partial charge < -0.3 is 0 Å². The van der Waals surface area contributed by atoms with Crippen molar-refractivity contribution < 1.29 is 0 Å². The Morgan fingerprint density at radius 2 is 1.44 bits per heavy atom. The average Bonchev–Trinajstić information content (AvgIpc) is 3.25. The summed E-state index contributed by atoms with van der Waals surface area (Å²) < 4.78 is 0. The van der Waals surface area contributed by atoms with Crippen molar-refractivity contribution >= 4 is 11.7 Å². The molecular formula is C23H16N4. The Morgan fingerprint density at radius 3 is 2.15 bits per heavy atom. The summed E-state index contributed by atoms with van der Waals surface area (Å²) >= 11 is 0. The van der Waals surface area contributed by atoms with Gasteiger partial charge in [-0.25, -0.2) is 9.99 Å². The second kappa shape index (κ2) is 5.17. The van der Waals surface area contributed by atoms with Gasteiger partial charge >= 0.3 is 0 Å². The Balaban J connectivity index is 1.73. The average molecular weight is 348 g/mol. The SMILES string of the molecule is C1=CC2=NN(c3ccccn3)C3(c4ccccc4-c4ccccc43)N2C=C1. The molecule has 0 amide bonds. The number of amidine groups is 1. The van der Waals surface area contributed by atoms with Gasteiger partial charge in [-0.05, 0) is 35.4 Å². The number of pyridine rings is 1. The van der Waals surface area contributed by atoms with Gasteiger partial charge in [0.15, 0.2) is 17.3 Å². The van der Waals surface area contributed by atoms with E-state index in [1.165, 1.54) is 22.3 Å². The minimum absolute atomic E-state index is 0.571. The lowest BCUT2D eigenvalue weighted by Gasteiger charge is -2.41. The summed E-state index contributed by atoms with van der Waals surface area (Å²) in [6.45, 7) is 0. The Kier molecular flexibility index (Phi) is 2.78. The molecule has 0 atom stereocenters. The van der Waals surface area contributed by atoms with Crippen LogP contribution in [0.15, 0.2) is 102 Å². The number of hydrogen-bond acceptors (Lipinski definition) is 4. The molecule has 0 N–H and O–H groups in total. The third-order valence-electron chi connectivity index (χ3n) is 5.46. The van der Waals surface area contributed by atoms with Gasteiger partial charge in [0.2, 0.25) is 0 Å². The molecule has 0 fully saturated rings. The Bertz CT molecular complexity index is 1100. The van der Waals surface area contributed by atoms with E-state index >= 15 is 0 Å². The largest absolute Gasteiger partial charge is 0.298 e. The number of aromatic nitrogens is 1. The molecule has 0 radical (unpaired) electrons. The number of benzene rings is 2. The second-order valence-corrected chi connectivity index (χ2v) is 6.79. The molecule has 4 nitrogen and oxygen atoms in total. The number of allylic oxidation sites excluding steroid dienone is 2. The van der Waals surface area contributed by atoms with Crippen molar-refractivity contribution in [1.29, 1.82) is 0 Å². The molecule has 2 aromatic carbocycles. The predicted octanol–water partition coefficient (Wildman–Crippen LogP) is 4.48. The van der Waals surface area contributed by atoms with Crippen LogP contribution in [0.1, 0.15) is 11.1 Å². The summed E-state index contributed by atoms with van der Waals surface area (Å²) in [6, 6.07) is 23.2. The fourth-order valence-electron chi connectivity index (χ4n) is 4.44. The molecule has 0 saturated carbocycles. The molecule has 6 rings (SSSR count). The van der Waals surface area contributed by atoms with E-state index < -0.39 is 5.66 Å². The lowest BCUT2D eigenvalue weighted by atomic mass is 9.94. The molecule has 1 aliphatic carbocycles. The smallest absolute Gasteiger partial charge is 0.194 e. The van der Waals surface area contributed by atoms with Gasteiger partial charge in [-0.3, -0.25) is 4.90 Å². The first-order chi connectivity index (χ1) is 13.4. The van der Waals surface area contributed by atoms with Crippen LogP contribution in [0.4, 0.5) is 5.82 Å². The molecule has 1 spiro atoms. The molecule has 128 valence electrons. The van der Waals surface area contributed by atoms with Crippen molar-refractivity contribution in [2.75, 3.05) is 5.01 Å². The Morgan fingerprint density at radius 1 is 0.741 bits per heavy atom. The highest BCUT2D eigenvalue weighted by Crippen LogP contribution is 2.56. The molecule has 3 heterocycles. The lowest BCUT2D eigenvalue weighted by Crippen LogP contribution is -2.50. The van der Waals surface area contributed by atoms with Gasteiger partial charge in [-0.1, -0.05) is 60.7 Å². The van der Waals surface area contributed by atoms with Crippen molar-refractivity contribution in [2.24, 2.45) is 5.10 Å². The number of fused-ring (bicyclic) bond motifs is 7. The normalized spacial score (nSPS) is 17.7. The van der Waals surface area contributed by atoms with E-state index in [4.69, 9.17) is 5.10 Å². The van der Waals surface area contributed by atoms with Gasteiger partial charge in [0.25, 0.3) is 0 Å². The number of hydrogen-bond donors (Lipinski definition) is 0. The van der Waals surface area contributed by atoms with E-state index in [1.54, 1.807) is 0 Å². The monoisotopic (exact) mass is 348 g/mol. The molecule has 3 aromatic rings. The Labute approximate surface area is 157 Å². The summed E-state index contributed by atoms with van der Waals surface area (Å²) in [6.07, 6.45) is 10.1. The first-order valence-corrected chi connectivity index (χ1v) is 9.04. The van der Waals surface area contributed by atoms with Crippen molar-refractivity contribution in [2.45, 2.75) is 5.66 Å². The van der Waals surface area contributed by atoms with Crippen LogP contribution in [0.3, 0.4) is 0 Å². The van der Waals surface area contributed by atoms with E-state index in [9.17, 15) is 0 Å². The van der Waals surface area contributed by atoms with Crippen LogP contribution in [0.2, 0.25) is 0 Å². The highest BCUT2D eigenvalue weighted by molar-refractivity contribution is 6.01. The van der Waals surface area contributed by atoms with Crippen LogP contribution in [-0.2, 0) is 5.66 Å². The minimum atomic E-state index is -0.571. The molecule has 3 aliphatic rings. The summed E-state index contributed by atoms with van der Waals surface area (Å²) in [4.78, 5) is 6.88. The number of nitrogens with zero attached hydrogens (tertiary/aromatic N) is 4. The minimum Gasteiger partial charge on any atom is -0.298 e. The topological polar surface area (TPSA) is 31.7 Å². The van der Waals surface area contributed by atoms with Gasteiger partial charge in [0.1, 0.15) is 0 Å². The van der Waals surface area contributed by atoms with E-state index in [2.05, 4.69) is 75.7 Å². The molecule has 27 heavy (non-hydrogen) atoms. The zero-order valence-corrected chi connectivity index (χ0v) is 14.5. The summed E-state index contributed by atoms with van der Waals surface area (Å²) in [5.74, 6) is 1.74. The van der Waals surface area contributed by atoms with E-state index in [0.29, 0.717) is 0 Å². The van der Waals surface area contributed by atoms with Crippen molar-refractivity contribution in [3.63, 3.8) is 0 Å². The zero-order valence-electron chi connectivity index (χ0n) is 14.5. The van der Waals surface area contributed by atoms with Gasteiger partial charge in [-0.2, -0.15) is 0 Å². The van der Waals surface area contributed by atoms with Gasteiger partial charge in [0, 0.05) is 23.5 Å². The maximum atomic E-state index is 4.99. The second-order valence-electron chi connectivity index (χ2n) is 6.79. The third kappa shape index (κ3) is 1.72. The van der Waals surface area contributed by atoms with Crippen LogP contribution in [-0.4, -0.2) is 15.7 Å². The van der Waals surface area contributed by atoms with Crippen LogP contribution in [0.25, 0.3) is 11.1 Å². The van der Waals surface area contributed by atoms with Crippen LogP contribution in [0.5, 0.6) is 0 Å². The van der Waals surface area contributed by atoms with Crippen LogP contribution >= 0.6 is 0 Å². The highest BCUT2D eigenvalue weighted by atomic mass is 15.7. The molecular weight excluding hydrogens is 332 g/mol. The first-order valence-electron chi connectivity index (χ1n) is 9.04. The number of hydrazone groups is 1. The molecule has 0 bridgehead atoms. The van der Waals surface area contributed by atoms with Gasteiger partial charge in [-0.15, -0.1) is 5.10 Å². The van der Waals surface area contributed by atoms with Crippen LogP contribution < -0.4 is 5.01 Å². The molecule has 0 saturated heterocycles. The zero-order chi connectivity index (χ0) is 17.8. The number of rotatable bonds is 1. The quantitative estimate of drug-likeness (QED) is 0.650. The number of anilines is 1. The summed E-state index contributed by atoms with van der Waals surface area (Å²) in [5.41, 5.74) is 4.35. The van der Waals surface area contributed by atoms with Crippen molar-refractivity contribution in [1.82, 2.24) is 9.88 Å². The first kappa shape index (κ1) is 14.5. The Hall–Kier alpha value is -3.66. The highest BCUT2D eigenvalue weighted by Gasteiger charge is 2.56. The fraction of sp³-hybridized carbons (Fsp3) is 0.0435. The maximum Gasteiger partial charge on any atom is 0.194 e. The predicted molar refractivity (Wildman–Crippen MR) is 107 cm³/mol. The lowest BCUT2D eigenvalue weighted by molar-refractivity contribution is 0.314. The van der Waals surface area contributed by atoms with Crippen molar-refractivity contribution in [3.8, 4) is 11.1 Å².